The van der Waals surface area contributed by atoms with E-state index in [1.54, 1.807) is 10.8 Å². The molecule has 0 saturated carbocycles. The third-order valence-electron chi connectivity index (χ3n) is 3.85. The Kier molecular flexibility index (Phi) is 5.77. The predicted octanol–water partition coefficient (Wildman–Crippen LogP) is 4.48. The van der Waals surface area contributed by atoms with Gasteiger partial charge in [0.15, 0.2) is 0 Å². The first-order valence-electron chi connectivity index (χ1n) is 7.68. The van der Waals surface area contributed by atoms with Crippen LogP contribution >= 0.6 is 11.3 Å². The number of thiophene rings is 1. The van der Waals surface area contributed by atoms with Gasteiger partial charge < -0.3 is 0 Å². The fraction of sp³-hybridized carbons (Fsp3) is 0.625. The highest BCUT2D eigenvalue weighted by molar-refractivity contribution is 7.08. The van der Waals surface area contributed by atoms with Gasteiger partial charge in [0, 0.05) is 17.3 Å². The average molecular weight is 293 g/mol. The highest BCUT2D eigenvalue weighted by Crippen LogP contribution is 2.26. The SMILES string of the molecule is CCCCCCCCCCN1C(=O)c2cscc2C1=O. The molecule has 0 atom stereocenters. The Balaban J connectivity index is 1.63. The maximum absolute atomic E-state index is 12.0. The number of hydrogen-bond donors (Lipinski definition) is 0. The first-order valence-corrected chi connectivity index (χ1v) is 8.62. The summed E-state index contributed by atoms with van der Waals surface area (Å²) in [7, 11) is 0. The molecule has 0 fully saturated rings. The van der Waals surface area contributed by atoms with Crippen LogP contribution in [-0.4, -0.2) is 23.3 Å². The molecule has 0 radical (unpaired) electrons. The maximum atomic E-state index is 12.0. The average Bonchev–Trinajstić information content (AvgIpc) is 3.00. The van der Waals surface area contributed by atoms with Gasteiger partial charge in [0.25, 0.3) is 11.8 Å². The van der Waals surface area contributed by atoms with Gasteiger partial charge in [0.2, 0.25) is 0 Å². The minimum atomic E-state index is -0.103. The standard InChI is InChI=1S/C16H23NO2S/c1-2-3-4-5-6-7-8-9-10-17-15(18)13-11-20-12-14(13)16(17)19/h11-12H,2-10H2,1H3. The number of imide groups is 1. The Labute approximate surface area is 125 Å². The third kappa shape index (κ3) is 3.48. The molecule has 1 aromatic heterocycles. The topological polar surface area (TPSA) is 37.4 Å². The van der Waals surface area contributed by atoms with Crippen LogP contribution in [0.4, 0.5) is 0 Å². The molecule has 110 valence electrons. The number of hydrogen-bond acceptors (Lipinski definition) is 3. The lowest BCUT2D eigenvalue weighted by molar-refractivity contribution is 0.0651. The van der Waals surface area contributed by atoms with E-state index < -0.39 is 0 Å². The lowest BCUT2D eigenvalue weighted by Gasteiger charge is -2.13. The Morgan fingerprint density at radius 2 is 1.35 bits per heavy atom. The van der Waals surface area contributed by atoms with Crippen molar-refractivity contribution in [1.82, 2.24) is 4.90 Å². The number of unbranched alkanes of at least 4 members (excludes halogenated alkanes) is 7. The van der Waals surface area contributed by atoms with Crippen LogP contribution in [0.25, 0.3) is 0 Å². The Morgan fingerprint density at radius 1 is 0.850 bits per heavy atom. The second-order valence-electron chi connectivity index (χ2n) is 5.44. The monoisotopic (exact) mass is 293 g/mol. The zero-order chi connectivity index (χ0) is 14.4. The molecule has 0 unspecified atom stereocenters. The van der Waals surface area contributed by atoms with E-state index in [4.69, 9.17) is 0 Å². The van der Waals surface area contributed by atoms with E-state index in [1.165, 1.54) is 54.8 Å². The summed E-state index contributed by atoms with van der Waals surface area (Å²) in [4.78, 5) is 25.4. The van der Waals surface area contributed by atoms with Crippen molar-refractivity contribution in [2.45, 2.75) is 58.3 Å². The zero-order valence-electron chi connectivity index (χ0n) is 12.2. The molecular formula is C16H23NO2S. The van der Waals surface area contributed by atoms with Gasteiger partial charge in [-0.1, -0.05) is 51.9 Å². The molecule has 20 heavy (non-hydrogen) atoms. The van der Waals surface area contributed by atoms with E-state index in [1.807, 2.05) is 0 Å². The zero-order valence-corrected chi connectivity index (χ0v) is 13.0. The van der Waals surface area contributed by atoms with Gasteiger partial charge in [-0.05, 0) is 6.42 Å². The number of carbonyl (C=O) groups excluding carboxylic acids is 2. The van der Waals surface area contributed by atoms with Crippen molar-refractivity contribution >= 4 is 23.2 Å². The van der Waals surface area contributed by atoms with Crippen molar-refractivity contribution in [3.05, 3.63) is 21.9 Å². The van der Waals surface area contributed by atoms with Gasteiger partial charge in [0.05, 0.1) is 11.1 Å². The van der Waals surface area contributed by atoms with Crippen molar-refractivity contribution in [3.8, 4) is 0 Å². The fourth-order valence-corrected chi connectivity index (χ4v) is 3.41. The van der Waals surface area contributed by atoms with Crippen LogP contribution in [0.5, 0.6) is 0 Å². The molecule has 0 aromatic carbocycles. The van der Waals surface area contributed by atoms with Crippen molar-refractivity contribution in [3.63, 3.8) is 0 Å². The van der Waals surface area contributed by atoms with Gasteiger partial charge in [0.1, 0.15) is 0 Å². The molecule has 0 aliphatic carbocycles. The predicted molar refractivity (Wildman–Crippen MR) is 82.3 cm³/mol. The number of nitrogens with zero attached hydrogens (tertiary/aromatic N) is 1. The van der Waals surface area contributed by atoms with E-state index in [0.29, 0.717) is 17.7 Å². The van der Waals surface area contributed by atoms with Gasteiger partial charge in [-0.15, -0.1) is 0 Å². The largest absolute Gasteiger partial charge is 0.274 e. The van der Waals surface area contributed by atoms with Gasteiger partial charge in [-0.2, -0.15) is 11.3 Å². The maximum Gasteiger partial charge on any atom is 0.262 e. The van der Waals surface area contributed by atoms with E-state index >= 15 is 0 Å². The summed E-state index contributed by atoms with van der Waals surface area (Å²) in [6, 6.07) is 0. The summed E-state index contributed by atoms with van der Waals surface area (Å²) in [5.41, 5.74) is 1.19. The minimum Gasteiger partial charge on any atom is -0.274 e. The molecule has 3 nitrogen and oxygen atoms in total. The molecule has 4 heteroatoms. The summed E-state index contributed by atoms with van der Waals surface area (Å²) in [5.74, 6) is -0.205. The van der Waals surface area contributed by atoms with Crippen LogP contribution in [0, 0.1) is 0 Å². The number of amides is 2. The molecule has 1 aliphatic heterocycles. The first-order chi connectivity index (χ1) is 9.75. The summed E-state index contributed by atoms with van der Waals surface area (Å²) >= 11 is 1.42. The smallest absolute Gasteiger partial charge is 0.262 e. The van der Waals surface area contributed by atoms with Crippen molar-refractivity contribution in [2.75, 3.05) is 6.54 Å². The molecular weight excluding hydrogens is 270 g/mol. The number of fused-ring (bicyclic) bond motifs is 1. The van der Waals surface area contributed by atoms with Crippen LogP contribution in [-0.2, 0) is 0 Å². The summed E-state index contributed by atoms with van der Waals surface area (Å²) in [5, 5.41) is 3.56. The Morgan fingerprint density at radius 3 is 1.90 bits per heavy atom. The van der Waals surface area contributed by atoms with E-state index in [-0.39, 0.29) is 11.8 Å². The van der Waals surface area contributed by atoms with Gasteiger partial charge >= 0.3 is 0 Å². The van der Waals surface area contributed by atoms with Gasteiger partial charge in [-0.3, -0.25) is 14.5 Å². The molecule has 0 bridgehead atoms. The molecule has 2 rings (SSSR count). The van der Waals surface area contributed by atoms with Crippen LogP contribution in [0.3, 0.4) is 0 Å². The normalized spacial score (nSPS) is 14.2. The van der Waals surface area contributed by atoms with E-state index in [0.717, 1.165) is 12.8 Å². The second-order valence-corrected chi connectivity index (χ2v) is 6.18. The molecule has 0 saturated heterocycles. The van der Waals surface area contributed by atoms with Gasteiger partial charge in [-0.25, -0.2) is 0 Å². The number of carbonyl (C=O) groups is 2. The molecule has 2 amide bonds. The second kappa shape index (κ2) is 7.58. The van der Waals surface area contributed by atoms with E-state index in [9.17, 15) is 9.59 Å². The van der Waals surface area contributed by atoms with Crippen LogP contribution in [0.15, 0.2) is 10.8 Å². The molecule has 0 N–H and O–H groups in total. The van der Waals surface area contributed by atoms with Crippen molar-refractivity contribution < 1.29 is 9.59 Å². The van der Waals surface area contributed by atoms with Crippen molar-refractivity contribution in [2.24, 2.45) is 0 Å². The Hall–Kier alpha value is -1.16. The Bertz CT molecular complexity index is 436. The van der Waals surface area contributed by atoms with Crippen molar-refractivity contribution in [1.29, 1.82) is 0 Å². The molecule has 1 aromatic rings. The molecule has 1 aliphatic rings. The lowest BCUT2D eigenvalue weighted by atomic mass is 10.1. The highest BCUT2D eigenvalue weighted by Gasteiger charge is 2.35. The first kappa shape index (κ1) is 15.2. The quantitative estimate of drug-likeness (QED) is 0.497. The minimum absolute atomic E-state index is 0.103. The van der Waals surface area contributed by atoms with Crippen LogP contribution in [0.1, 0.15) is 79.0 Å². The molecule has 2 heterocycles. The summed E-state index contributed by atoms with van der Waals surface area (Å²) in [6.07, 6.45) is 9.78. The highest BCUT2D eigenvalue weighted by atomic mass is 32.1. The number of rotatable bonds is 9. The summed E-state index contributed by atoms with van der Waals surface area (Å²) < 4.78 is 0. The lowest BCUT2D eigenvalue weighted by Crippen LogP contribution is -2.30. The fourth-order valence-electron chi connectivity index (χ4n) is 2.62. The van der Waals surface area contributed by atoms with Crippen LogP contribution < -0.4 is 0 Å². The third-order valence-corrected chi connectivity index (χ3v) is 4.59. The molecule has 0 spiro atoms. The van der Waals surface area contributed by atoms with Crippen LogP contribution in [0.2, 0.25) is 0 Å². The van der Waals surface area contributed by atoms with E-state index in [2.05, 4.69) is 6.92 Å². The summed E-state index contributed by atoms with van der Waals surface area (Å²) in [6.45, 7) is 2.80.